The molecule has 0 heterocycles. The number of hydrogen-bond acceptors (Lipinski definition) is 2. The molecule has 0 bridgehead atoms. The molecule has 0 radical (unpaired) electrons. The van der Waals surface area contributed by atoms with Gasteiger partial charge in [0, 0.05) is 12.0 Å². The van der Waals surface area contributed by atoms with Gasteiger partial charge >= 0.3 is 0 Å². The molecule has 0 aromatic carbocycles. The summed E-state index contributed by atoms with van der Waals surface area (Å²) < 4.78 is 0. The van der Waals surface area contributed by atoms with Crippen molar-refractivity contribution in [2.45, 2.75) is 31.7 Å². The van der Waals surface area contributed by atoms with Gasteiger partial charge in [-0.1, -0.05) is 6.42 Å². The van der Waals surface area contributed by atoms with Gasteiger partial charge in [-0.05, 0) is 19.3 Å². The van der Waals surface area contributed by atoms with Crippen molar-refractivity contribution in [2.24, 2.45) is 11.7 Å². The summed E-state index contributed by atoms with van der Waals surface area (Å²) in [4.78, 5) is 0. The lowest BCUT2D eigenvalue weighted by Gasteiger charge is -2.20. The second kappa shape index (κ2) is 2.84. The molecular weight excluding hydrogens is 112 g/mol. The molecule has 1 saturated carbocycles. The van der Waals surface area contributed by atoms with Crippen LogP contribution in [-0.2, 0) is 0 Å². The highest BCUT2D eigenvalue weighted by Crippen LogP contribution is 2.21. The lowest BCUT2D eigenvalue weighted by Crippen LogP contribution is -2.26. The number of nitrogens with zero attached hydrogens (tertiary/aromatic N) is 1. The van der Waals surface area contributed by atoms with Gasteiger partial charge in [0.05, 0.1) is 6.07 Å². The number of hydrogen-bond donors (Lipinski definition) is 1. The molecule has 1 aliphatic carbocycles. The highest BCUT2D eigenvalue weighted by atomic mass is 14.6. The van der Waals surface area contributed by atoms with Crippen molar-refractivity contribution in [3.8, 4) is 6.07 Å². The lowest BCUT2D eigenvalue weighted by molar-refractivity contribution is 0.379. The van der Waals surface area contributed by atoms with E-state index in [1.807, 2.05) is 0 Å². The number of rotatable bonds is 0. The maximum Gasteiger partial charge on any atom is 0.0656 e. The predicted octanol–water partition coefficient (Wildman–Crippen LogP) is 1.03. The van der Waals surface area contributed by atoms with Crippen LogP contribution < -0.4 is 5.73 Å². The first-order chi connectivity index (χ1) is 4.33. The Kier molecular flexibility index (Phi) is 2.07. The van der Waals surface area contributed by atoms with Gasteiger partial charge in [0.1, 0.15) is 0 Å². The molecule has 2 nitrogen and oxygen atoms in total. The van der Waals surface area contributed by atoms with E-state index < -0.39 is 0 Å². The zero-order chi connectivity index (χ0) is 6.69. The first-order valence-electron chi connectivity index (χ1n) is 3.48. The van der Waals surface area contributed by atoms with Crippen molar-refractivity contribution < 1.29 is 0 Å². The van der Waals surface area contributed by atoms with Crippen LogP contribution in [0.15, 0.2) is 0 Å². The lowest BCUT2D eigenvalue weighted by atomic mass is 9.87. The molecule has 2 heteroatoms. The highest BCUT2D eigenvalue weighted by molar-refractivity contribution is 4.88. The minimum Gasteiger partial charge on any atom is -0.328 e. The number of nitriles is 1. The molecular formula is C7H12N2. The normalized spacial score (nSPS) is 35.6. The Hall–Kier alpha value is -0.550. The van der Waals surface area contributed by atoms with Crippen molar-refractivity contribution in [3.05, 3.63) is 0 Å². The van der Waals surface area contributed by atoms with E-state index in [2.05, 4.69) is 6.07 Å². The van der Waals surface area contributed by atoms with E-state index in [1.54, 1.807) is 0 Å². The first kappa shape index (κ1) is 6.57. The third-order valence-electron chi connectivity index (χ3n) is 1.90. The summed E-state index contributed by atoms with van der Waals surface area (Å²) in [5.74, 6) is 0.244. The zero-order valence-electron chi connectivity index (χ0n) is 5.51. The molecule has 0 saturated heterocycles. The topological polar surface area (TPSA) is 49.8 Å². The van der Waals surface area contributed by atoms with Crippen molar-refractivity contribution in [3.63, 3.8) is 0 Å². The predicted molar refractivity (Wildman–Crippen MR) is 35.5 cm³/mol. The van der Waals surface area contributed by atoms with E-state index in [0.29, 0.717) is 6.04 Å². The minimum absolute atomic E-state index is 0.244. The summed E-state index contributed by atoms with van der Waals surface area (Å²) in [6.07, 6.45) is 4.22. The van der Waals surface area contributed by atoms with Gasteiger partial charge in [0.2, 0.25) is 0 Å². The summed E-state index contributed by atoms with van der Waals surface area (Å²) >= 11 is 0. The zero-order valence-corrected chi connectivity index (χ0v) is 5.51. The van der Waals surface area contributed by atoms with Crippen LogP contribution in [-0.4, -0.2) is 6.04 Å². The minimum atomic E-state index is 0.244. The maximum atomic E-state index is 8.50. The summed E-state index contributed by atoms with van der Waals surface area (Å²) in [7, 11) is 0. The Balaban J connectivity index is 2.34. The van der Waals surface area contributed by atoms with Crippen LogP contribution in [0.4, 0.5) is 0 Å². The van der Waals surface area contributed by atoms with E-state index in [4.69, 9.17) is 11.0 Å². The molecule has 2 N–H and O–H groups in total. The largest absolute Gasteiger partial charge is 0.328 e. The van der Waals surface area contributed by atoms with Gasteiger partial charge < -0.3 is 5.73 Å². The van der Waals surface area contributed by atoms with Gasteiger partial charge in [0.25, 0.3) is 0 Å². The van der Waals surface area contributed by atoms with Crippen molar-refractivity contribution in [1.82, 2.24) is 0 Å². The van der Waals surface area contributed by atoms with Gasteiger partial charge in [-0.2, -0.15) is 5.26 Å². The van der Waals surface area contributed by atoms with E-state index in [9.17, 15) is 0 Å². The molecule has 0 unspecified atom stereocenters. The van der Waals surface area contributed by atoms with E-state index >= 15 is 0 Å². The molecule has 0 amide bonds. The second-order valence-electron chi connectivity index (χ2n) is 2.75. The van der Waals surface area contributed by atoms with Crippen LogP contribution in [0, 0.1) is 17.2 Å². The molecule has 0 spiro atoms. The van der Waals surface area contributed by atoms with Crippen LogP contribution in [0.5, 0.6) is 0 Å². The van der Waals surface area contributed by atoms with E-state index in [1.165, 1.54) is 0 Å². The molecule has 1 fully saturated rings. The van der Waals surface area contributed by atoms with Crippen LogP contribution in [0.3, 0.4) is 0 Å². The average molecular weight is 124 g/mol. The van der Waals surface area contributed by atoms with Crippen molar-refractivity contribution in [1.29, 1.82) is 5.26 Å². The molecule has 0 aromatic rings. The molecule has 0 aromatic heterocycles. The highest BCUT2D eigenvalue weighted by Gasteiger charge is 2.17. The smallest absolute Gasteiger partial charge is 0.0656 e. The Morgan fingerprint density at radius 1 is 1.44 bits per heavy atom. The van der Waals surface area contributed by atoms with Gasteiger partial charge in [0.15, 0.2) is 0 Å². The SMILES string of the molecule is N#C[C@H]1CCC[C@@H](N)C1. The fourth-order valence-corrected chi connectivity index (χ4v) is 1.34. The third-order valence-corrected chi connectivity index (χ3v) is 1.90. The summed E-state index contributed by atoms with van der Waals surface area (Å²) in [5, 5.41) is 8.50. The summed E-state index contributed by atoms with van der Waals surface area (Å²) in [6.45, 7) is 0. The van der Waals surface area contributed by atoms with Gasteiger partial charge in [-0.15, -0.1) is 0 Å². The molecule has 1 rings (SSSR count). The monoisotopic (exact) mass is 124 g/mol. The Morgan fingerprint density at radius 3 is 2.67 bits per heavy atom. The van der Waals surface area contributed by atoms with Crippen LogP contribution in [0.2, 0.25) is 0 Å². The quantitative estimate of drug-likeness (QED) is 0.524. The van der Waals surface area contributed by atoms with E-state index in [0.717, 1.165) is 25.7 Å². The molecule has 1 aliphatic rings. The third kappa shape index (κ3) is 1.69. The Bertz CT molecular complexity index is 125. The maximum absolute atomic E-state index is 8.50. The molecule has 50 valence electrons. The second-order valence-corrected chi connectivity index (χ2v) is 2.75. The van der Waals surface area contributed by atoms with Gasteiger partial charge in [-0.25, -0.2) is 0 Å². The van der Waals surface area contributed by atoms with Crippen LogP contribution >= 0.6 is 0 Å². The Labute approximate surface area is 55.7 Å². The standard InChI is InChI=1S/C7H12N2/c8-5-6-2-1-3-7(9)4-6/h6-7H,1-4,9H2/t6-,7+/m0/s1. The molecule has 9 heavy (non-hydrogen) atoms. The molecule has 2 atom stereocenters. The van der Waals surface area contributed by atoms with Gasteiger partial charge in [-0.3, -0.25) is 0 Å². The van der Waals surface area contributed by atoms with Crippen molar-refractivity contribution in [2.75, 3.05) is 0 Å². The van der Waals surface area contributed by atoms with Crippen LogP contribution in [0.1, 0.15) is 25.7 Å². The summed E-state index contributed by atoms with van der Waals surface area (Å²) in [5.41, 5.74) is 5.65. The van der Waals surface area contributed by atoms with E-state index in [-0.39, 0.29) is 5.92 Å². The molecule has 0 aliphatic heterocycles. The fourth-order valence-electron chi connectivity index (χ4n) is 1.34. The first-order valence-corrected chi connectivity index (χ1v) is 3.48. The average Bonchev–Trinajstić information content (AvgIpc) is 1.88. The summed E-state index contributed by atoms with van der Waals surface area (Å²) in [6, 6.07) is 2.55. The van der Waals surface area contributed by atoms with Crippen molar-refractivity contribution >= 4 is 0 Å². The Morgan fingerprint density at radius 2 is 2.22 bits per heavy atom. The fraction of sp³-hybridized carbons (Fsp3) is 0.857. The van der Waals surface area contributed by atoms with Crippen LogP contribution in [0.25, 0.3) is 0 Å². The number of nitrogens with two attached hydrogens (primary N) is 1.